The summed E-state index contributed by atoms with van der Waals surface area (Å²) in [5.74, 6) is -7.23. The van der Waals surface area contributed by atoms with E-state index in [1.54, 1.807) is 15.6 Å². The minimum absolute atomic E-state index is 0.131. The maximum atomic E-state index is 14.2. The number of anilines is 2. The van der Waals surface area contributed by atoms with Crippen LogP contribution in [0.1, 0.15) is 73.3 Å². The van der Waals surface area contributed by atoms with Gasteiger partial charge in [0.15, 0.2) is 17.4 Å². The number of hydrogen-bond donors (Lipinski definition) is 3. The van der Waals surface area contributed by atoms with Gasteiger partial charge in [-0.15, -0.1) is 0 Å². The van der Waals surface area contributed by atoms with E-state index < -0.39 is 40.7 Å². The summed E-state index contributed by atoms with van der Waals surface area (Å²) in [7, 11) is 0. The fraction of sp³-hybridized carbons (Fsp3) is 0.465. The second-order valence-corrected chi connectivity index (χ2v) is 16.7. The van der Waals surface area contributed by atoms with Crippen LogP contribution in [0.2, 0.25) is 0 Å². The van der Waals surface area contributed by atoms with Gasteiger partial charge in [-0.3, -0.25) is 29.4 Å². The van der Waals surface area contributed by atoms with E-state index in [-0.39, 0.29) is 36.4 Å². The van der Waals surface area contributed by atoms with Gasteiger partial charge in [0.1, 0.15) is 0 Å². The second-order valence-electron chi connectivity index (χ2n) is 16.7. The number of nitrogens with zero attached hydrogens (tertiary/aromatic N) is 7. The van der Waals surface area contributed by atoms with Crippen molar-refractivity contribution in [2.45, 2.75) is 69.4 Å². The van der Waals surface area contributed by atoms with E-state index in [0.717, 1.165) is 113 Å². The summed E-state index contributed by atoms with van der Waals surface area (Å²) in [4.78, 5) is 43.0. The molecule has 0 bridgehead atoms. The van der Waals surface area contributed by atoms with Crippen molar-refractivity contribution in [2.75, 3.05) is 62.2 Å². The number of nitrogens with one attached hydrogen (secondary N) is 2. The fourth-order valence-electron chi connectivity index (χ4n) is 9.36. The Bertz CT molecular complexity index is 2440. The molecular formula is C43H48F3N9O5. The van der Waals surface area contributed by atoms with Gasteiger partial charge in [-0.05, 0) is 99.7 Å². The van der Waals surface area contributed by atoms with Gasteiger partial charge in [0.25, 0.3) is 5.91 Å². The van der Waals surface area contributed by atoms with Gasteiger partial charge in [-0.2, -0.15) is 14.6 Å². The largest absolute Gasteiger partial charge is 0.503 e. The predicted octanol–water partition coefficient (Wildman–Crippen LogP) is 5.72. The summed E-state index contributed by atoms with van der Waals surface area (Å²) >= 11 is 0. The molecule has 1 saturated carbocycles. The Labute approximate surface area is 344 Å². The number of aryl methyl sites for hydroxylation is 1. The van der Waals surface area contributed by atoms with Gasteiger partial charge < -0.3 is 20.1 Å². The first-order valence-electron chi connectivity index (χ1n) is 20.8. The van der Waals surface area contributed by atoms with Crippen LogP contribution in [0.4, 0.5) is 29.3 Å². The Hall–Kier alpha value is -5.68. The van der Waals surface area contributed by atoms with Crippen molar-refractivity contribution in [2.24, 2.45) is 5.92 Å². The molecule has 5 aromatic rings. The summed E-state index contributed by atoms with van der Waals surface area (Å²) in [6, 6.07) is 10.8. The molecule has 0 unspecified atom stereocenters. The molecule has 1 aliphatic carbocycles. The topological polar surface area (TPSA) is 150 Å². The van der Waals surface area contributed by atoms with E-state index in [4.69, 9.17) is 9.84 Å². The fourth-order valence-corrected chi connectivity index (χ4v) is 9.36. The molecule has 4 amide bonds. The summed E-state index contributed by atoms with van der Waals surface area (Å²) in [5.41, 5.74) is 3.86. The number of rotatable bonds is 10. The predicted molar refractivity (Wildman–Crippen MR) is 217 cm³/mol. The van der Waals surface area contributed by atoms with Gasteiger partial charge in [-0.25, -0.2) is 18.1 Å². The molecule has 6 heterocycles. The summed E-state index contributed by atoms with van der Waals surface area (Å²) in [6.07, 6.45) is 13.1. The molecule has 4 fully saturated rings. The number of morpholine rings is 1. The average molecular weight is 828 g/mol. The summed E-state index contributed by atoms with van der Waals surface area (Å²) in [6.45, 7) is 5.90. The first kappa shape index (κ1) is 39.8. The number of piperidine rings is 1. The van der Waals surface area contributed by atoms with Crippen LogP contribution >= 0.6 is 0 Å². The highest BCUT2D eigenvalue weighted by molar-refractivity contribution is 6.07. The molecule has 17 heteroatoms. The zero-order chi connectivity index (χ0) is 41.5. The molecule has 3 aliphatic heterocycles. The monoisotopic (exact) mass is 827 g/mol. The number of amides is 4. The third kappa shape index (κ3) is 7.99. The second kappa shape index (κ2) is 16.4. The maximum Gasteiger partial charge on any atom is 0.328 e. The first-order valence-corrected chi connectivity index (χ1v) is 20.8. The number of phenolic OH excluding ortho intramolecular Hbond substituents is 1. The highest BCUT2D eigenvalue weighted by atomic mass is 19.2. The molecule has 0 atom stereocenters. The Morgan fingerprint density at radius 3 is 2.60 bits per heavy atom. The van der Waals surface area contributed by atoms with Crippen LogP contribution in [0, 0.1) is 23.4 Å². The standard InChI is InChI=1S/C43H48F3N9O5/c44-33-21-32(38(45)39(46)40(33)57)41(58)47-22-27-3-7-30(8-4-27)54-25-29-6-9-31(20-34(29)50-54)52-16-12-43(13-17-52)26-51(18-19-60-43)14-1-2-28-5-10-35-36(23-48-55(35)24-28)53-15-11-37(56)49-42(53)59/h5-6,9-10,20-21,23-25,27,30,57H,1-4,7-8,11-19,22,26H2,(H,47,58)(H,49,56,59). The lowest BCUT2D eigenvalue weighted by Gasteiger charge is -2.48. The van der Waals surface area contributed by atoms with Crippen LogP contribution in [0.5, 0.6) is 5.75 Å². The van der Waals surface area contributed by atoms with Crippen LogP contribution in [0.25, 0.3) is 16.4 Å². The molecule has 3 N–H and O–H groups in total. The number of benzene rings is 2. The molecule has 3 aromatic heterocycles. The number of pyridine rings is 1. The minimum atomic E-state index is -1.78. The Balaban J connectivity index is 0.735. The van der Waals surface area contributed by atoms with E-state index in [0.29, 0.717) is 18.3 Å². The van der Waals surface area contributed by atoms with Gasteiger partial charge in [0.05, 0.1) is 46.7 Å². The molecule has 3 saturated heterocycles. The highest BCUT2D eigenvalue weighted by Gasteiger charge is 2.40. The molecule has 60 heavy (non-hydrogen) atoms. The number of phenols is 1. The molecule has 2 aromatic carbocycles. The molecule has 14 nitrogen and oxygen atoms in total. The quantitative estimate of drug-likeness (QED) is 0.151. The van der Waals surface area contributed by atoms with E-state index >= 15 is 0 Å². The van der Waals surface area contributed by atoms with Crippen LogP contribution in [0.15, 0.2) is 55.0 Å². The number of carbonyl (C=O) groups excluding carboxylic acids is 3. The molecular weight excluding hydrogens is 780 g/mol. The third-order valence-corrected chi connectivity index (χ3v) is 12.8. The van der Waals surface area contributed by atoms with Crippen molar-refractivity contribution in [3.05, 3.63) is 83.6 Å². The van der Waals surface area contributed by atoms with Crippen LogP contribution < -0.4 is 20.4 Å². The van der Waals surface area contributed by atoms with Gasteiger partial charge >= 0.3 is 6.03 Å². The normalized spacial score (nSPS) is 21.2. The van der Waals surface area contributed by atoms with Crippen molar-refractivity contribution < 1.29 is 37.4 Å². The third-order valence-electron chi connectivity index (χ3n) is 12.8. The molecule has 4 aliphatic rings. The number of urea groups is 1. The number of ether oxygens (including phenoxy) is 1. The number of aromatic nitrogens is 4. The van der Waals surface area contributed by atoms with Crippen molar-refractivity contribution in [1.29, 1.82) is 0 Å². The SMILES string of the molecule is O=C1CCN(c2cnn3cc(CCCN4CCOC5(CCN(c6ccc7cn(C8CCC(CNC(=O)c9cc(F)c(O)c(F)c9F)CC8)nc7c6)CC5)C4)ccc23)C(=O)N1. The lowest BCUT2D eigenvalue weighted by atomic mass is 9.86. The van der Waals surface area contributed by atoms with Crippen molar-refractivity contribution in [3.63, 3.8) is 0 Å². The average Bonchev–Trinajstić information content (AvgIpc) is 3.88. The molecule has 9 rings (SSSR count). The maximum absolute atomic E-state index is 14.2. The van der Waals surface area contributed by atoms with Crippen LogP contribution in [0.3, 0.4) is 0 Å². The first-order chi connectivity index (χ1) is 29.0. The number of imide groups is 1. The molecule has 1 spiro atoms. The highest BCUT2D eigenvalue weighted by Crippen LogP contribution is 2.36. The number of halogens is 3. The van der Waals surface area contributed by atoms with Crippen LogP contribution in [-0.2, 0) is 16.0 Å². The Morgan fingerprint density at radius 2 is 1.80 bits per heavy atom. The van der Waals surface area contributed by atoms with E-state index in [9.17, 15) is 32.7 Å². The molecule has 0 radical (unpaired) electrons. The number of hydrogen-bond acceptors (Lipinski definition) is 9. The Morgan fingerprint density at radius 1 is 0.983 bits per heavy atom. The Kier molecular flexibility index (Phi) is 10.9. The van der Waals surface area contributed by atoms with E-state index in [1.165, 1.54) is 5.56 Å². The van der Waals surface area contributed by atoms with Crippen LogP contribution in [-0.4, -0.2) is 105 Å². The smallest absolute Gasteiger partial charge is 0.328 e. The molecule has 316 valence electrons. The lowest BCUT2D eigenvalue weighted by molar-refractivity contribution is -0.121. The zero-order valence-corrected chi connectivity index (χ0v) is 33.2. The van der Waals surface area contributed by atoms with Crippen molar-refractivity contribution in [1.82, 2.24) is 34.9 Å². The summed E-state index contributed by atoms with van der Waals surface area (Å²) < 4.78 is 52.0. The van der Waals surface area contributed by atoms with E-state index in [2.05, 4.69) is 56.0 Å². The van der Waals surface area contributed by atoms with E-state index in [1.807, 2.05) is 16.9 Å². The van der Waals surface area contributed by atoms with Crippen molar-refractivity contribution >= 4 is 45.6 Å². The van der Waals surface area contributed by atoms with Gasteiger partial charge in [0, 0.05) is 69.2 Å². The number of carbonyl (C=O) groups is 3. The zero-order valence-electron chi connectivity index (χ0n) is 33.2. The number of aromatic hydroxyl groups is 1. The lowest BCUT2D eigenvalue weighted by Crippen LogP contribution is -2.57. The minimum Gasteiger partial charge on any atom is -0.503 e. The summed E-state index contributed by atoms with van der Waals surface area (Å²) in [5, 5.41) is 24.8. The van der Waals surface area contributed by atoms with Gasteiger partial charge in [0.2, 0.25) is 11.7 Å². The van der Waals surface area contributed by atoms with Crippen molar-refractivity contribution in [3.8, 4) is 5.75 Å². The van der Waals surface area contributed by atoms with Gasteiger partial charge in [-0.1, -0.05) is 6.07 Å². The number of fused-ring (bicyclic) bond motifs is 2.